The van der Waals surface area contributed by atoms with Crippen LogP contribution in [0.25, 0.3) is 11.4 Å². The highest BCUT2D eigenvalue weighted by Gasteiger charge is 2.34. The Morgan fingerprint density at radius 3 is 2.75 bits per heavy atom. The van der Waals surface area contributed by atoms with Crippen LogP contribution >= 0.6 is 35.0 Å². The first kappa shape index (κ1) is 21.2. The van der Waals surface area contributed by atoms with E-state index in [9.17, 15) is 13.2 Å². The smallest absolute Gasteiger partial charge is 0.233 e. The van der Waals surface area contributed by atoms with Crippen LogP contribution in [0, 0.1) is 0 Å². The Kier molecular flexibility index (Phi) is 6.43. The van der Waals surface area contributed by atoms with E-state index in [1.165, 1.54) is 4.68 Å². The number of sulfone groups is 1. The van der Waals surface area contributed by atoms with Gasteiger partial charge in [0.2, 0.25) is 11.1 Å². The van der Waals surface area contributed by atoms with E-state index >= 15 is 0 Å². The number of carbonyl (C=O) groups is 1. The third kappa shape index (κ3) is 4.56. The molecule has 1 fully saturated rings. The van der Waals surface area contributed by atoms with Crippen LogP contribution in [0.1, 0.15) is 13.3 Å². The van der Waals surface area contributed by atoms with Gasteiger partial charge in [-0.1, -0.05) is 35.0 Å². The number of carbonyl (C=O) groups excluding carboxylic acids is 1. The molecule has 152 valence electrons. The molecule has 1 aliphatic heterocycles. The Balaban J connectivity index is 1.69. The lowest BCUT2D eigenvalue weighted by Gasteiger charge is -2.26. The lowest BCUT2D eigenvalue weighted by molar-refractivity contribution is -0.129. The largest absolute Gasteiger partial charge is 0.338 e. The van der Waals surface area contributed by atoms with Gasteiger partial charge in [0, 0.05) is 23.2 Å². The second kappa shape index (κ2) is 8.48. The SMILES string of the molecule is CCN(C(=O)CSc1nnc(-c2ccc(Cl)cc2Cl)n1N)[C@H]1CCS(=O)(=O)C1. The van der Waals surface area contributed by atoms with Gasteiger partial charge >= 0.3 is 0 Å². The fraction of sp³-hybridized carbons (Fsp3) is 0.438. The predicted molar refractivity (Wildman–Crippen MR) is 111 cm³/mol. The van der Waals surface area contributed by atoms with E-state index in [1.54, 1.807) is 23.1 Å². The van der Waals surface area contributed by atoms with Gasteiger partial charge in [0.25, 0.3) is 0 Å². The van der Waals surface area contributed by atoms with E-state index in [0.717, 1.165) is 11.8 Å². The number of thioether (sulfide) groups is 1. The van der Waals surface area contributed by atoms with Crippen molar-refractivity contribution in [1.82, 2.24) is 19.8 Å². The topological polar surface area (TPSA) is 111 Å². The van der Waals surface area contributed by atoms with Crippen molar-refractivity contribution in [3.05, 3.63) is 28.2 Å². The molecule has 28 heavy (non-hydrogen) atoms. The van der Waals surface area contributed by atoms with E-state index < -0.39 is 9.84 Å². The monoisotopic (exact) mass is 463 g/mol. The minimum absolute atomic E-state index is 0.0174. The number of nitrogen functional groups attached to an aromatic ring is 1. The summed E-state index contributed by atoms with van der Waals surface area (Å²) >= 11 is 13.2. The fourth-order valence-corrected chi connectivity index (χ4v) is 6.06. The highest BCUT2D eigenvalue weighted by Crippen LogP contribution is 2.30. The van der Waals surface area contributed by atoms with Crippen molar-refractivity contribution < 1.29 is 13.2 Å². The van der Waals surface area contributed by atoms with E-state index in [4.69, 9.17) is 29.0 Å². The quantitative estimate of drug-likeness (QED) is 0.515. The summed E-state index contributed by atoms with van der Waals surface area (Å²) in [5, 5.41) is 9.31. The zero-order valence-corrected chi connectivity index (χ0v) is 18.2. The predicted octanol–water partition coefficient (Wildman–Crippen LogP) is 2.09. The second-order valence-electron chi connectivity index (χ2n) is 6.33. The molecule has 1 aliphatic rings. The molecule has 0 radical (unpaired) electrons. The average molecular weight is 464 g/mol. The number of aromatic nitrogens is 3. The molecule has 0 bridgehead atoms. The molecular formula is C16H19Cl2N5O3S2. The summed E-state index contributed by atoms with van der Waals surface area (Å²) in [5.41, 5.74) is 0.575. The molecule has 1 aromatic heterocycles. The molecule has 0 aliphatic carbocycles. The van der Waals surface area contributed by atoms with Crippen molar-refractivity contribution in [2.45, 2.75) is 24.5 Å². The normalized spacial score (nSPS) is 18.3. The molecular weight excluding hydrogens is 445 g/mol. The minimum atomic E-state index is -3.06. The van der Waals surface area contributed by atoms with Crippen molar-refractivity contribution in [2.24, 2.45) is 0 Å². The van der Waals surface area contributed by atoms with Crippen molar-refractivity contribution in [1.29, 1.82) is 0 Å². The maximum absolute atomic E-state index is 12.6. The number of benzene rings is 1. The number of nitrogens with two attached hydrogens (primary N) is 1. The molecule has 2 heterocycles. The van der Waals surface area contributed by atoms with E-state index in [1.807, 2.05) is 6.92 Å². The van der Waals surface area contributed by atoms with Gasteiger partial charge < -0.3 is 10.7 Å². The van der Waals surface area contributed by atoms with Gasteiger partial charge in [-0.2, -0.15) is 0 Å². The summed E-state index contributed by atoms with van der Waals surface area (Å²) in [4.78, 5) is 14.2. The Hall–Kier alpha value is -1.49. The molecule has 1 saturated heterocycles. The van der Waals surface area contributed by atoms with Crippen LogP contribution in [0.3, 0.4) is 0 Å². The molecule has 12 heteroatoms. The summed E-state index contributed by atoms with van der Waals surface area (Å²) in [5.74, 6) is 6.48. The number of hydrogen-bond acceptors (Lipinski definition) is 7. The highest BCUT2D eigenvalue weighted by molar-refractivity contribution is 7.99. The zero-order valence-electron chi connectivity index (χ0n) is 15.0. The molecule has 3 rings (SSSR count). The average Bonchev–Trinajstić information content (AvgIpc) is 3.16. The molecule has 1 aromatic carbocycles. The summed E-state index contributed by atoms with van der Waals surface area (Å²) < 4.78 is 24.7. The molecule has 8 nitrogen and oxygen atoms in total. The Morgan fingerprint density at radius 2 is 2.14 bits per heavy atom. The number of halogens is 2. The molecule has 2 N–H and O–H groups in total. The molecule has 0 spiro atoms. The fourth-order valence-electron chi connectivity index (χ4n) is 3.10. The van der Waals surface area contributed by atoms with Crippen LogP contribution < -0.4 is 5.84 Å². The number of amides is 1. The Labute approximate surface area is 177 Å². The second-order valence-corrected chi connectivity index (χ2v) is 10.3. The standard InChI is InChI=1S/C16H19Cl2N5O3S2/c1-2-22(11-5-6-28(25,26)9-11)14(24)8-27-16-21-20-15(23(16)19)12-4-3-10(17)7-13(12)18/h3-4,7,11H,2,5-6,8-9,19H2,1H3/t11-/m0/s1. The van der Waals surface area contributed by atoms with Gasteiger partial charge in [-0.3, -0.25) is 4.79 Å². The summed E-state index contributed by atoms with van der Waals surface area (Å²) in [6.45, 7) is 2.28. The van der Waals surface area contributed by atoms with Crippen molar-refractivity contribution in [3.63, 3.8) is 0 Å². The third-order valence-electron chi connectivity index (χ3n) is 4.47. The van der Waals surface area contributed by atoms with E-state index in [2.05, 4.69) is 10.2 Å². The number of hydrogen-bond donors (Lipinski definition) is 1. The molecule has 0 unspecified atom stereocenters. The molecule has 1 atom stereocenters. The summed E-state index contributed by atoms with van der Waals surface area (Å²) in [7, 11) is -3.06. The Morgan fingerprint density at radius 1 is 1.39 bits per heavy atom. The first-order chi connectivity index (χ1) is 13.2. The number of nitrogens with zero attached hydrogens (tertiary/aromatic N) is 4. The Bertz CT molecular complexity index is 996. The lowest BCUT2D eigenvalue weighted by atomic mass is 10.2. The lowest BCUT2D eigenvalue weighted by Crippen LogP contribution is -2.42. The maximum atomic E-state index is 12.6. The van der Waals surface area contributed by atoms with Gasteiger partial charge in [0.05, 0.1) is 22.3 Å². The molecule has 0 saturated carbocycles. The zero-order chi connectivity index (χ0) is 20.5. The van der Waals surface area contributed by atoms with Crippen LogP contribution in [-0.4, -0.2) is 63.9 Å². The van der Waals surface area contributed by atoms with Crippen LogP contribution in [0.5, 0.6) is 0 Å². The van der Waals surface area contributed by atoms with Gasteiger partial charge in [-0.05, 0) is 31.5 Å². The number of rotatable bonds is 6. The van der Waals surface area contributed by atoms with E-state index in [0.29, 0.717) is 39.6 Å². The third-order valence-corrected chi connectivity index (χ3v) is 7.70. The minimum Gasteiger partial charge on any atom is -0.338 e. The van der Waals surface area contributed by atoms with Gasteiger partial charge in [0.1, 0.15) is 0 Å². The van der Waals surface area contributed by atoms with E-state index in [-0.39, 0.29) is 29.2 Å². The summed E-state index contributed by atoms with van der Waals surface area (Å²) in [6.07, 6.45) is 0.471. The van der Waals surface area contributed by atoms with Crippen LogP contribution in [0.15, 0.2) is 23.4 Å². The van der Waals surface area contributed by atoms with Crippen LogP contribution in [0.2, 0.25) is 10.0 Å². The van der Waals surface area contributed by atoms with Crippen LogP contribution in [0.4, 0.5) is 0 Å². The first-order valence-corrected chi connectivity index (χ1v) is 12.1. The van der Waals surface area contributed by atoms with Crippen molar-refractivity contribution in [3.8, 4) is 11.4 Å². The summed E-state index contributed by atoms with van der Waals surface area (Å²) in [6, 6.07) is 4.67. The first-order valence-electron chi connectivity index (χ1n) is 8.50. The van der Waals surface area contributed by atoms with Crippen LogP contribution in [-0.2, 0) is 14.6 Å². The van der Waals surface area contributed by atoms with Crippen molar-refractivity contribution in [2.75, 3.05) is 29.6 Å². The molecule has 2 aromatic rings. The molecule has 1 amide bonds. The highest BCUT2D eigenvalue weighted by atomic mass is 35.5. The van der Waals surface area contributed by atoms with Gasteiger partial charge in [-0.25, -0.2) is 13.1 Å². The van der Waals surface area contributed by atoms with Crippen molar-refractivity contribution >= 4 is 50.7 Å². The maximum Gasteiger partial charge on any atom is 0.233 e. The van der Waals surface area contributed by atoms with Gasteiger partial charge in [0.15, 0.2) is 15.7 Å². The van der Waals surface area contributed by atoms with Gasteiger partial charge in [-0.15, -0.1) is 10.2 Å².